The van der Waals surface area contributed by atoms with E-state index in [4.69, 9.17) is 0 Å². The molecule has 0 aromatic heterocycles. The SMILES string of the molecule is CC(=O)c1ccc(C2CCC(C)CC2)cc1.CCC. The average Bonchev–Trinajstić information content (AvgIpc) is 2.41. The van der Waals surface area contributed by atoms with Crippen molar-refractivity contribution in [2.45, 2.75) is 65.7 Å². The standard InChI is InChI=1S/C15H20O.C3H8/c1-11-3-5-14(6-4-11)15-9-7-13(8-10-15)12(2)16;1-3-2/h7-11,14H,3-6H2,1-2H3;3H2,1-2H3. The zero-order chi connectivity index (χ0) is 14.3. The molecule has 1 fully saturated rings. The summed E-state index contributed by atoms with van der Waals surface area (Å²) in [5, 5.41) is 0. The molecule has 0 aliphatic heterocycles. The van der Waals surface area contributed by atoms with Crippen molar-refractivity contribution in [3.05, 3.63) is 35.4 Å². The third-order valence-electron chi connectivity index (χ3n) is 3.80. The number of carbonyl (C=O) groups excluding carboxylic acids is 1. The van der Waals surface area contributed by atoms with Crippen LogP contribution in [-0.2, 0) is 0 Å². The second kappa shape index (κ2) is 8.14. The van der Waals surface area contributed by atoms with Gasteiger partial charge in [-0.2, -0.15) is 0 Å². The Morgan fingerprint density at radius 2 is 1.53 bits per heavy atom. The first-order valence-electron chi connectivity index (χ1n) is 7.69. The molecule has 1 heteroatoms. The van der Waals surface area contributed by atoms with Gasteiger partial charge in [0.15, 0.2) is 5.78 Å². The van der Waals surface area contributed by atoms with Crippen molar-refractivity contribution in [2.75, 3.05) is 0 Å². The van der Waals surface area contributed by atoms with Crippen molar-refractivity contribution in [3.8, 4) is 0 Å². The van der Waals surface area contributed by atoms with Gasteiger partial charge in [-0.15, -0.1) is 0 Å². The number of Topliss-reactive ketones (excluding diaryl/α,β-unsaturated/α-hetero) is 1. The minimum atomic E-state index is 0.156. The van der Waals surface area contributed by atoms with Gasteiger partial charge in [0.2, 0.25) is 0 Å². The van der Waals surface area contributed by atoms with Crippen LogP contribution < -0.4 is 0 Å². The molecule has 1 saturated carbocycles. The van der Waals surface area contributed by atoms with E-state index in [-0.39, 0.29) is 5.78 Å². The van der Waals surface area contributed by atoms with Gasteiger partial charge in [0.25, 0.3) is 0 Å². The first-order valence-corrected chi connectivity index (χ1v) is 7.69. The molecule has 0 heterocycles. The lowest BCUT2D eigenvalue weighted by Crippen LogP contribution is -2.10. The molecule has 0 unspecified atom stereocenters. The van der Waals surface area contributed by atoms with Crippen LogP contribution >= 0.6 is 0 Å². The predicted octanol–water partition coefficient (Wildman–Crippen LogP) is 5.60. The van der Waals surface area contributed by atoms with Crippen molar-refractivity contribution in [1.29, 1.82) is 0 Å². The topological polar surface area (TPSA) is 17.1 Å². The monoisotopic (exact) mass is 260 g/mol. The van der Waals surface area contributed by atoms with E-state index in [1.54, 1.807) is 6.92 Å². The van der Waals surface area contributed by atoms with E-state index in [9.17, 15) is 4.79 Å². The predicted molar refractivity (Wildman–Crippen MR) is 82.8 cm³/mol. The summed E-state index contributed by atoms with van der Waals surface area (Å²) in [6.45, 7) is 8.21. The number of benzene rings is 1. The quantitative estimate of drug-likeness (QED) is 0.633. The molecular weight excluding hydrogens is 232 g/mol. The van der Waals surface area contributed by atoms with Gasteiger partial charge in [-0.3, -0.25) is 4.79 Å². The minimum absolute atomic E-state index is 0.156. The van der Waals surface area contributed by atoms with Crippen LogP contribution in [0.4, 0.5) is 0 Å². The first-order chi connectivity index (χ1) is 9.08. The van der Waals surface area contributed by atoms with Crippen LogP contribution in [0.25, 0.3) is 0 Å². The molecule has 0 bridgehead atoms. The maximum absolute atomic E-state index is 11.2. The van der Waals surface area contributed by atoms with Gasteiger partial charge in [0, 0.05) is 5.56 Å². The van der Waals surface area contributed by atoms with Crippen molar-refractivity contribution in [3.63, 3.8) is 0 Å². The van der Waals surface area contributed by atoms with Crippen LogP contribution in [-0.4, -0.2) is 5.78 Å². The Kier molecular flexibility index (Phi) is 6.83. The van der Waals surface area contributed by atoms with Crippen molar-refractivity contribution < 1.29 is 4.79 Å². The fraction of sp³-hybridized carbons (Fsp3) is 0.611. The second-order valence-corrected chi connectivity index (χ2v) is 5.84. The summed E-state index contributed by atoms with van der Waals surface area (Å²) in [5.74, 6) is 1.77. The van der Waals surface area contributed by atoms with E-state index in [0.29, 0.717) is 0 Å². The summed E-state index contributed by atoms with van der Waals surface area (Å²) < 4.78 is 0. The zero-order valence-electron chi connectivity index (χ0n) is 12.9. The molecule has 1 aliphatic rings. The van der Waals surface area contributed by atoms with Gasteiger partial charge in [0.1, 0.15) is 0 Å². The highest BCUT2D eigenvalue weighted by atomic mass is 16.1. The van der Waals surface area contributed by atoms with E-state index in [2.05, 4.69) is 32.9 Å². The molecule has 19 heavy (non-hydrogen) atoms. The maximum Gasteiger partial charge on any atom is 0.159 e. The summed E-state index contributed by atoms with van der Waals surface area (Å²) >= 11 is 0. The number of hydrogen-bond acceptors (Lipinski definition) is 1. The zero-order valence-corrected chi connectivity index (χ0v) is 12.9. The number of carbonyl (C=O) groups is 1. The Bertz CT molecular complexity index is 369. The molecular formula is C18H28O. The highest BCUT2D eigenvalue weighted by Crippen LogP contribution is 2.35. The fourth-order valence-corrected chi connectivity index (χ4v) is 2.58. The number of rotatable bonds is 2. The highest BCUT2D eigenvalue weighted by molar-refractivity contribution is 5.94. The molecule has 1 aliphatic carbocycles. The summed E-state index contributed by atoms with van der Waals surface area (Å²) in [5.41, 5.74) is 2.24. The van der Waals surface area contributed by atoms with Crippen LogP contribution in [0.15, 0.2) is 24.3 Å². The molecule has 0 N–H and O–H groups in total. The van der Waals surface area contributed by atoms with Gasteiger partial charge in [-0.1, -0.05) is 64.3 Å². The third kappa shape index (κ3) is 5.18. The van der Waals surface area contributed by atoms with Gasteiger partial charge in [-0.25, -0.2) is 0 Å². The molecule has 0 spiro atoms. The van der Waals surface area contributed by atoms with E-state index in [1.807, 2.05) is 12.1 Å². The van der Waals surface area contributed by atoms with E-state index < -0.39 is 0 Å². The summed E-state index contributed by atoms with van der Waals surface area (Å²) in [6.07, 6.45) is 6.55. The van der Waals surface area contributed by atoms with Gasteiger partial charge in [0.05, 0.1) is 0 Å². The van der Waals surface area contributed by atoms with E-state index >= 15 is 0 Å². The fourth-order valence-electron chi connectivity index (χ4n) is 2.58. The molecule has 0 saturated heterocycles. The second-order valence-electron chi connectivity index (χ2n) is 5.84. The van der Waals surface area contributed by atoms with Crippen molar-refractivity contribution in [1.82, 2.24) is 0 Å². The van der Waals surface area contributed by atoms with Crippen molar-refractivity contribution >= 4 is 5.78 Å². The lowest BCUT2D eigenvalue weighted by molar-refractivity contribution is 0.101. The molecule has 1 nitrogen and oxygen atoms in total. The number of ketones is 1. The highest BCUT2D eigenvalue weighted by Gasteiger charge is 2.19. The maximum atomic E-state index is 11.2. The van der Waals surface area contributed by atoms with Crippen LogP contribution in [0.2, 0.25) is 0 Å². The van der Waals surface area contributed by atoms with Crippen LogP contribution in [0.5, 0.6) is 0 Å². The lowest BCUT2D eigenvalue weighted by Gasteiger charge is -2.26. The smallest absolute Gasteiger partial charge is 0.159 e. The minimum Gasteiger partial charge on any atom is -0.295 e. The van der Waals surface area contributed by atoms with Gasteiger partial charge in [-0.05, 0) is 37.2 Å². The van der Waals surface area contributed by atoms with Gasteiger partial charge < -0.3 is 0 Å². The Balaban J connectivity index is 0.000000550. The molecule has 0 atom stereocenters. The molecule has 1 aromatic carbocycles. The molecule has 2 rings (SSSR count). The van der Waals surface area contributed by atoms with Crippen molar-refractivity contribution in [2.24, 2.45) is 5.92 Å². The normalized spacial score (nSPS) is 22.3. The summed E-state index contributed by atoms with van der Waals surface area (Å²) in [6, 6.07) is 8.21. The first kappa shape index (κ1) is 15.9. The Morgan fingerprint density at radius 3 is 1.95 bits per heavy atom. The molecule has 0 radical (unpaired) electrons. The molecule has 1 aromatic rings. The van der Waals surface area contributed by atoms with E-state index in [1.165, 1.54) is 37.7 Å². The van der Waals surface area contributed by atoms with Crippen LogP contribution in [0.1, 0.15) is 81.6 Å². The number of hydrogen-bond donors (Lipinski definition) is 0. The molecule has 0 amide bonds. The Morgan fingerprint density at radius 1 is 1.05 bits per heavy atom. The average molecular weight is 260 g/mol. The van der Waals surface area contributed by atoms with E-state index in [0.717, 1.165) is 17.4 Å². The van der Waals surface area contributed by atoms with Crippen LogP contribution in [0, 0.1) is 5.92 Å². The summed E-state index contributed by atoms with van der Waals surface area (Å²) in [7, 11) is 0. The van der Waals surface area contributed by atoms with Crippen LogP contribution in [0.3, 0.4) is 0 Å². The lowest BCUT2D eigenvalue weighted by atomic mass is 9.79. The largest absolute Gasteiger partial charge is 0.295 e. The van der Waals surface area contributed by atoms with Gasteiger partial charge >= 0.3 is 0 Å². The Hall–Kier alpha value is -1.11. The molecule has 106 valence electrons. The Labute approximate surface area is 118 Å². The summed E-state index contributed by atoms with van der Waals surface area (Å²) in [4.78, 5) is 11.2. The third-order valence-corrected chi connectivity index (χ3v) is 3.80.